The Morgan fingerprint density at radius 1 is 1.29 bits per heavy atom. The van der Waals surface area contributed by atoms with Gasteiger partial charge in [0.15, 0.2) is 6.10 Å². The first-order chi connectivity index (χ1) is 11.6. The van der Waals surface area contributed by atoms with Crippen LogP contribution in [-0.2, 0) is 11.2 Å². The number of hydrogen-bond acceptors (Lipinski definition) is 4. The van der Waals surface area contributed by atoms with Crippen LogP contribution in [0.5, 0.6) is 5.75 Å². The first-order valence-corrected chi connectivity index (χ1v) is 9.48. The Bertz CT molecular complexity index is 726. The molecule has 0 radical (unpaired) electrons. The van der Waals surface area contributed by atoms with Crippen LogP contribution in [0.4, 0.5) is 0 Å². The first kappa shape index (κ1) is 15.6. The molecule has 3 heterocycles. The molecule has 4 rings (SSSR count). The number of hydrogen-bond donors (Lipinski definition) is 0. The second-order valence-electron chi connectivity index (χ2n) is 6.77. The second-order valence-corrected chi connectivity index (χ2v) is 7.69. The van der Waals surface area contributed by atoms with Gasteiger partial charge in [-0.15, -0.1) is 11.3 Å². The van der Waals surface area contributed by atoms with E-state index in [1.54, 1.807) is 11.3 Å². The van der Waals surface area contributed by atoms with Crippen molar-refractivity contribution < 1.29 is 9.53 Å². The van der Waals surface area contributed by atoms with Crippen LogP contribution in [0.25, 0.3) is 0 Å². The van der Waals surface area contributed by atoms with Gasteiger partial charge in [0.1, 0.15) is 10.8 Å². The standard InChI is InChI=1S/C19H22N2O2S/c1-12-9-14-11-17(23-16(14)10-13(12)2)19(22)21-7-4-3-5-15(21)18-20-6-8-24-18/h6,8-10,15,17H,3-5,7,11H2,1-2H3/t15-,17-/m0/s1. The third kappa shape index (κ3) is 2.71. The van der Waals surface area contributed by atoms with Crippen LogP contribution in [0.15, 0.2) is 23.7 Å². The fourth-order valence-corrected chi connectivity index (χ4v) is 4.47. The van der Waals surface area contributed by atoms with E-state index < -0.39 is 0 Å². The molecule has 0 unspecified atom stereocenters. The molecule has 4 nitrogen and oxygen atoms in total. The SMILES string of the molecule is Cc1cc2c(cc1C)O[C@H](C(=O)N1CCCC[C@H]1c1nccs1)C2. The fraction of sp³-hybridized carbons (Fsp3) is 0.474. The Hall–Kier alpha value is -1.88. The minimum absolute atomic E-state index is 0.112. The lowest BCUT2D eigenvalue weighted by Crippen LogP contribution is -2.45. The summed E-state index contributed by atoms with van der Waals surface area (Å²) in [4.78, 5) is 19.6. The molecule has 1 aromatic heterocycles. The molecule has 0 spiro atoms. The van der Waals surface area contributed by atoms with E-state index >= 15 is 0 Å². The van der Waals surface area contributed by atoms with E-state index in [0.717, 1.165) is 42.1 Å². The number of likely N-dealkylation sites (tertiary alicyclic amines) is 1. The van der Waals surface area contributed by atoms with Gasteiger partial charge in [-0.1, -0.05) is 6.07 Å². The van der Waals surface area contributed by atoms with E-state index in [1.165, 1.54) is 11.1 Å². The van der Waals surface area contributed by atoms with Crippen molar-refractivity contribution in [1.29, 1.82) is 0 Å². The number of benzene rings is 1. The second kappa shape index (κ2) is 6.20. The number of carbonyl (C=O) groups excluding carboxylic acids is 1. The molecule has 1 aromatic carbocycles. The molecule has 0 N–H and O–H groups in total. The van der Waals surface area contributed by atoms with Gasteiger partial charge in [0.05, 0.1) is 6.04 Å². The van der Waals surface area contributed by atoms with Crippen LogP contribution in [0, 0.1) is 13.8 Å². The Morgan fingerprint density at radius 3 is 2.92 bits per heavy atom. The molecule has 1 amide bonds. The molecule has 0 aliphatic carbocycles. The quantitative estimate of drug-likeness (QED) is 0.833. The number of rotatable bonds is 2. The fourth-order valence-electron chi connectivity index (χ4n) is 3.69. The average Bonchev–Trinajstić information content (AvgIpc) is 3.24. The van der Waals surface area contributed by atoms with E-state index in [2.05, 4.69) is 31.0 Å². The van der Waals surface area contributed by atoms with Gasteiger partial charge in [0, 0.05) is 24.5 Å². The number of nitrogens with zero attached hydrogens (tertiary/aromatic N) is 2. The van der Waals surface area contributed by atoms with Crippen LogP contribution in [0.3, 0.4) is 0 Å². The van der Waals surface area contributed by atoms with Crippen LogP contribution >= 0.6 is 11.3 Å². The van der Waals surface area contributed by atoms with Gasteiger partial charge in [-0.25, -0.2) is 4.98 Å². The molecule has 0 saturated carbocycles. The molecular formula is C19H22N2O2S. The predicted octanol–water partition coefficient (Wildman–Crippen LogP) is 3.82. The highest BCUT2D eigenvalue weighted by Crippen LogP contribution is 2.36. The van der Waals surface area contributed by atoms with Crippen molar-refractivity contribution in [2.75, 3.05) is 6.54 Å². The number of piperidine rings is 1. The third-order valence-corrected chi connectivity index (χ3v) is 6.03. The Morgan fingerprint density at radius 2 is 2.12 bits per heavy atom. The Kier molecular flexibility index (Phi) is 4.04. The molecule has 1 fully saturated rings. The summed E-state index contributed by atoms with van der Waals surface area (Å²) in [6, 6.07) is 4.33. The van der Waals surface area contributed by atoms with Gasteiger partial charge in [0.2, 0.25) is 0 Å². The van der Waals surface area contributed by atoms with Crippen molar-refractivity contribution in [3.8, 4) is 5.75 Å². The zero-order valence-corrected chi connectivity index (χ0v) is 14.9. The van der Waals surface area contributed by atoms with Gasteiger partial charge in [-0.3, -0.25) is 4.79 Å². The van der Waals surface area contributed by atoms with Gasteiger partial charge in [-0.2, -0.15) is 0 Å². The van der Waals surface area contributed by atoms with Crippen LogP contribution in [0.2, 0.25) is 0 Å². The number of thiazole rings is 1. The molecule has 2 atom stereocenters. The average molecular weight is 342 g/mol. The van der Waals surface area contributed by atoms with Crippen LogP contribution < -0.4 is 4.74 Å². The van der Waals surface area contributed by atoms with Gasteiger partial charge in [-0.05, 0) is 55.9 Å². The van der Waals surface area contributed by atoms with E-state index in [0.29, 0.717) is 6.42 Å². The highest BCUT2D eigenvalue weighted by atomic mass is 32.1. The molecule has 24 heavy (non-hydrogen) atoms. The van der Waals surface area contributed by atoms with Gasteiger partial charge < -0.3 is 9.64 Å². The summed E-state index contributed by atoms with van der Waals surface area (Å²) in [6.07, 6.45) is 5.32. The number of aryl methyl sites for hydroxylation is 2. The lowest BCUT2D eigenvalue weighted by molar-refractivity contribution is -0.142. The maximum atomic E-state index is 13.1. The molecule has 2 aliphatic heterocycles. The smallest absolute Gasteiger partial charge is 0.264 e. The van der Waals surface area contributed by atoms with E-state index in [-0.39, 0.29) is 18.1 Å². The molecule has 2 aromatic rings. The summed E-state index contributed by atoms with van der Waals surface area (Å²) in [5.41, 5.74) is 3.61. The largest absolute Gasteiger partial charge is 0.480 e. The maximum absolute atomic E-state index is 13.1. The predicted molar refractivity (Wildman–Crippen MR) is 94.5 cm³/mol. The van der Waals surface area contributed by atoms with E-state index in [9.17, 15) is 4.79 Å². The summed E-state index contributed by atoms with van der Waals surface area (Å²) in [7, 11) is 0. The molecule has 5 heteroatoms. The molecule has 126 valence electrons. The molecule has 2 aliphatic rings. The molecular weight excluding hydrogens is 320 g/mol. The first-order valence-electron chi connectivity index (χ1n) is 8.60. The van der Waals surface area contributed by atoms with Crippen molar-refractivity contribution in [3.05, 3.63) is 45.4 Å². The number of ether oxygens (including phenoxy) is 1. The van der Waals surface area contributed by atoms with Crippen molar-refractivity contribution >= 4 is 17.2 Å². The zero-order chi connectivity index (χ0) is 16.7. The van der Waals surface area contributed by atoms with Crippen LogP contribution in [0.1, 0.15) is 47.0 Å². The highest BCUT2D eigenvalue weighted by Gasteiger charge is 2.37. The normalized spacial score (nSPS) is 23.0. The number of aromatic nitrogens is 1. The van der Waals surface area contributed by atoms with Crippen molar-refractivity contribution in [2.45, 2.75) is 51.7 Å². The lowest BCUT2D eigenvalue weighted by atomic mass is 10.00. The number of amides is 1. The lowest BCUT2D eigenvalue weighted by Gasteiger charge is -2.35. The zero-order valence-electron chi connectivity index (χ0n) is 14.1. The minimum Gasteiger partial charge on any atom is -0.480 e. The summed E-state index contributed by atoms with van der Waals surface area (Å²) in [5, 5.41) is 3.03. The maximum Gasteiger partial charge on any atom is 0.264 e. The van der Waals surface area contributed by atoms with Gasteiger partial charge >= 0.3 is 0 Å². The topological polar surface area (TPSA) is 42.4 Å². The van der Waals surface area contributed by atoms with Crippen molar-refractivity contribution in [2.24, 2.45) is 0 Å². The van der Waals surface area contributed by atoms with Gasteiger partial charge in [0.25, 0.3) is 5.91 Å². The summed E-state index contributed by atoms with van der Waals surface area (Å²) in [5.74, 6) is 0.987. The number of carbonyl (C=O) groups is 1. The molecule has 0 bridgehead atoms. The Balaban J connectivity index is 1.55. The molecule has 1 saturated heterocycles. The highest BCUT2D eigenvalue weighted by molar-refractivity contribution is 7.09. The summed E-state index contributed by atoms with van der Waals surface area (Å²) in [6.45, 7) is 4.99. The third-order valence-electron chi connectivity index (χ3n) is 5.15. The monoisotopic (exact) mass is 342 g/mol. The summed E-state index contributed by atoms with van der Waals surface area (Å²) < 4.78 is 6.02. The summed E-state index contributed by atoms with van der Waals surface area (Å²) >= 11 is 1.64. The van der Waals surface area contributed by atoms with Crippen molar-refractivity contribution in [1.82, 2.24) is 9.88 Å². The van der Waals surface area contributed by atoms with E-state index in [4.69, 9.17) is 4.74 Å². The van der Waals surface area contributed by atoms with Crippen LogP contribution in [-0.4, -0.2) is 28.4 Å². The number of fused-ring (bicyclic) bond motifs is 1. The van der Waals surface area contributed by atoms with Crippen molar-refractivity contribution in [3.63, 3.8) is 0 Å². The Labute approximate surface area is 146 Å². The van der Waals surface area contributed by atoms with E-state index in [1.807, 2.05) is 16.5 Å². The minimum atomic E-state index is -0.387.